The van der Waals surface area contributed by atoms with E-state index in [-0.39, 0.29) is 6.54 Å². The average Bonchev–Trinajstić information content (AvgIpc) is 2.34. The molecule has 0 aliphatic carbocycles. The first-order chi connectivity index (χ1) is 8.17. The lowest BCUT2D eigenvalue weighted by atomic mass is 10.3. The van der Waals surface area contributed by atoms with Gasteiger partial charge in [-0.3, -0.25) is 4.79 Å². The number of methoxy groups -OCH3 is 1. The SMILES string of the molecule is COCCN(CC(=O)O)c1ccc(C#N)nc1. The fourth-order valence-corrected chi connectivity index (χ4v) is 1.30. The number of anilines is 1. The van der Waals surface area contributed by atoms with E-state index in [1.165, 1.54) is 6.20 Å². The molecule has 0 aliphatic heterocycles. The Balaban J connectivity index is 2.80. The largest absolute Gasteiger partial charge is 0.480 e. The van der Waals surface area contributed by atoms with Crippen molar-refractivity contribution in [3.63, 3.8) is 0 Å². The summed E-state index contributed by atoms with van der Waals surface area (Å²) in [4.78, 5) is 16.2. The standard InChI is InChI=1S/C11H13N3O3/c1-17-5-4-14(8-11(15)16)10-3-2-9(6-12)13-7-10/h2-3,7H,4-5,8H2,1H3,(H,15,16). The van der Waals surface area contributed by atoms with Crippen LogP contribution in [-0.2, 0) is 9.53 Å². The van der Waals surface area contributed by atoms with Gasteiger partial charge in [0.1, 0.15) is 18.3 Å². The highest BCUT2D eigenvalue weighted by Crippen LogP contribution is 2.12. The lowest BCUT2D eigenvalue weighted by molar-refractivity contribution is -0.135. The first-order valence-corrected chi connectivity index (χ1v) is 4.99. The molecule has 0 unspecified atom stereocenters. The molecule has 1 N–H and O–H groups in total. The highest BCUT2D eigenvalue weighted by molar-refractivity contribution is 5.73. The van der Waals surface area contributed by atoms with E-state index in [0.717, 1.165) is 0 Å². The number of nitrogens with zero attached hydrogens (tertiary/aromatic N) is 3. The summed E-state index contributed by atoms with van der Waals surface area (Å²) in [6, 6.07) is 5.13. The smallest absolute Gasteiger partial charge is 0.323 e. The third-order valence-electron chi connectivity index (χ3n) is 2.12. The van der Waals surface area contributed by atoms with Gasteiger partial charge in [0, 0.05) is 13.7 Å². The van der Waals surface area contributed by atoms with Crippen molar-refractivity contribution in [2.75, 3.05) is 31.7 Å². The topological polar surface area (TPSA) is 86.5 Å². The summed E-state index contributed by atoms with van der Waals surface area (Å²) in [6.45, 7) is 0.751. The van der Waals surface area contributed by atoms with Gasteiger partial charge in [0.2, 0.25) is 0 Å². The molecule has 6 nitrogen and oxygen atoms in total. The van der Waals surface area contributed by atoms with Crippen LogP contribution in [0.2, 0.25) is 0 Å². The van der Waals surface area contributed by atoms with E-state index in [1.807, 2.05) is 6.07 Å². The highest BCUT2D eigenvalue weighted by Gasteiger charge is 2.10. The van der Waals surface area contributed by atoms with Gasteiger partial charge < -0.3 is 14.7 Å². The monoisotopic (exact) mass is 235 g/mol. The lowest BCUT2D eigenvalue weighted by Crippen LogP contribution is -2.32. The molecule has 0 spiro atoms. The second kappa shape index (κ2) is 6.45. The number of hydrogen-bond acceptors (Lipinski definition) is 5. The van der Waals surface area contributed by atoms with Crippen LogP contribution in [0.1, 0.15) is 5.69 Å². The summed E-state index contributed by atoms with van der Waals surface area (Å²) >= 11 is 0. The average molecular weight is 235 g/mol. The molecule has 0 aromatic carbocycles. The van der Waals surface area contributed by atoms with Crippen LogP contribution >= 0.6 is 0 Å². The number of carbonyl (C=O) groups is 1. The lowest BCUT2D eigenvalue weighted by Gasteiger charge is -2.21. The number of carboxylic acid groups (broad SMARTS) is 1. The fraction of sp³-hybridized carbons (Fsp3) is 0.364. The molecule has 0 amide bonds. The van der Waals surface area contributed by atoms with Crippen molar-refractivity contribution in [3.05, 3.63) is 24.0 Å². The maximum atomic E-state index is 10.7. The summed E-state index contributed by atoms with van der Waals surface area (Å²) in [5.41, 5.74) is 0.958. The molecule has 0 atom stereocenters. The third-order valence-corrected chi connectivity index (χ3v) is 2.12. The van der Waals surface area contributed by atoms with Crippen LogP contribution in [0.25, 0.3) is 0 Å². The summed E-state index contributed by atoms with van der Waals surface area (Å²) in [5.74, 6) is -0.925. The van der Waals surface area contributed by atoms with Crippen molar-refractivity contribution in [1.29, 1.82) is 5.26 Å². The van der Waals surface area contributed by atoms with Gasteiger partial charge in [-0.1, -0.05) is 0 Å². The molecule has 1 rings (SSSR count). The molecular weight excluding hydrogens is 222 g/mol. The summed E-state index contributed by atoms with van der Waals surface area (Å²) in [7, 11) is 1.55. The fourth-order valence-electron chi connectivity index (χ4n) is 1.30. The molecule has 0 bridgehead atoms. The predicted molar refractivity (Wildman–Crippen MR) is 60.7 cm³/mol. The van der Waals surface area contributed by atoms with Crippen molar-refractivity contribution in [3.8, 4) is 6.07 Å². The number of aliphatic carboxylic acids is 1. The highest BCUT2D eigenvalue weighted by atomic mass is 16.5. The first-order valence-electron chi connectivity index (χ1n) is 4.99. The van der Waals surface area contributed by atoms with Crippen molar-refractivity contribution in [2.45, 2.75) is 0 Å². The van der Waals surface area contributed by atoms with Crippen molar-refractivity contribution >= 4 is 11.7 Å². The molecule has 1 heterocycles. The number of rotatable bonds is 6. The second-order valence-electron chi connectivity index (χ2n) is 3.32. The number of nitriles is 1. The molecule has 0 aliphatic rings. The third kappa shape index (κ3) is 4.09. The Morgan fingerprint density at radius 1 is 1.65 bits per heavy atom. The number of pyridine rings is 1. The van der Waals surface area contributed by atoms with Gasteiger partial charge in [-0.15, -0.1) is 0 Å². The zero-order valence-corrected chi connectivity index (χ0v) is 9.46. The van der Waals surface area contributed by atoms with E-state index in [2.05, 4.69) is 4.98 Å². The Morgan fingerprint density at radius 3 is 2.88 bits per heavy atom. The number of aromatic nitrogens is 1. The van der Waals surface area contributed by atoms with Gasteiger partial charge in [-0.25, -0.2) is 4.98 Å². The zero-order valence-electron chi connectivity index (χ0n) is 9.46. The van der Waals surface area contributed by atoms with Gasteiger partial charge in [-0.2, -0.15) is 5.26 Å². The normalized spacial score (nSPS) is 9.65. The molecule has 17 heavy (non-hydrogen) atoms. The second-order valence-corrected chi connectivity index (χ2v) is 3.32. The Kier molecular flexibility index (Phi) is 4.91. The minimum absolute atomic E-state index is 0.128. The van der Waals surface area contributed by atoms with Crippen molar-refractivity contribution in [2.24, 2.45) is 0 Å². The molecule has 1 aromatic rings. The zero-order chi connectivity index (χ0) is 12.7. The predicted octanol–water partition coefficient (Wildman–Crippen LogP) is 0.491. The van der Waals surface area contributed by atoms with Gasteiger partial charge in [0.15, 0.2) is 0 Å². The van der Waals surface area contributed by atoms with Gasteiger partial charge in [0.25, 0.3) is 0 Å². The number of hydrogen-bond donors (Lipinski definition) is 1. The van der Waals surface area contributed by atoms with Gasteiger partial charge in [0.05, 0.1) is 18.5 Å². The van der Waals surface area contributed by atoms with Crippen molar-refractivity contribution in [1.82, 2.24) is 4.98 Å². The van der Waals surface area contributed by atoms with E-state index in [4.69, 9.17) is 15.1 Å². The van der Waals surface area contributed by atoms with E-state index < -0.39 is 5.97 Å². The molecule has 0 saturated heterocycles. The summed E-state index contributed by atoms with van der Waals surface area (Å²) in [5, 5.41) is 17.4. The summed E-state index contributed by atoms with van der Waals surface area (Å²) in [6.07, 6.45) is 1.48. The van der Waals surface area contributed by atoms with Crippen LogP contribution < -0.4 is 4.90 Å². The number of ether oxygens (including phenoxy) is 1. The summed E-state index contributed by atoms with van der Waals surface area (Å²) < 4.78 is 4.91. The van der Waals surface area contributed by atoms with E-state index >= 15 is 0 Å². The Hall–Kier alpha value is -2.13. The Morgan fingerprint density at radius 2 is 2.41 bits per heavy atom. The molecule has 6 heteroatoms. The van der Waals surface area contributed by atoms with Crippen LogP contribution in [0.5, 0.6) is 0 Å². The molecular formula is C11H13N3O3. The van der Waals surface area contributed by atoms with Crippen LogP contribution in [-0.4, -0.2) is 42.9 Å². The maximum absolute atomic E-state index is 10.7. The Bertz CT molecular complexity index is 411. The molecule has 1 aromatic heterocycles. The van der Waals surface area contributed by atoms with E-state index in [1.54, 1.807) is 24.1 Å². The van der Waals surface area contributed by atoms with Crippen LogP contribution in [0.4, 0.5) is 5.69 Å². The van der Waals surface area contributed by atoms with Crippen LogP contribution in [0, 0.1) is 11.3 Å². The van der Waals surface area contributed by atoms with E-state index in [0.29, 0.717) is 24.5 Å². The molecule has 0 radical (unpaired) electrons. The van der Waals surface area contributed by atoms with Crippen molar-refractivity contribution < 1.29 is 14.6 Å². The maximum Gasteiger partial charge on any atom is 0.323 e. The molecule has 0 fully saturated rings. The molecule has 90 valence electrons. The number of carboxylic acids is 1. The van der Waals surface area contributed by atoms with Gasteiger partial charge in [-0.05, 0) is 12.1 Å². The minimum atomic E-state index is -0.925. The van der Waals surface area contributed by atoms with E-state index in [9.17, 15) is 4.79 Å². The molecule has 0 saturated carbocycles. The Labute approximate surface area is 99.1 Å². The van der Waals surface area contributed by atoms with Crippen LogP contribution in [0.15, 0.2) is 18.3 Å². The van der Waals surface area contributed by atoms with Gasteiger partial charge >= 0.3 is 5.97 Å². The first kappa shape index (κ1) is 12.9. The van der Waals surface area contributed by atoms with Crippen LogP contribution in [0.3, 0.4) is 0 Å². The minimum Gasteiger partial charge on any atom is -0.480 e. The quantitative estimate of drug-likeness (QED) is 0.772.